The standard InChI is InChI=1S/C14H23N3O3S2/c1-10(2)15-14(18)16-12-6-8-17(9-7-12)22(19,20)13-5-4-11(3)21-13/h4-5,10,12H,6-9H2,1-3H3,(H2,15,16,18). The van der Waals surface area contributed by atoms with Gasteiger partial charge in [-0.15, -0.1) is 11.3 Å². The molecule has 0 spiro atoms. The predicted molar refractivity (Wildman–Crippen MR) is 87.6 cm³/mol. The average Bonchev–Trinajstić information content (AvgIpc) is 2.86. The molecule has 0 saturated carbocycles. The molecule has 2 N–H and O–H groups in total. The fraction of sp³-hybridized carbons (Fsp3) is 0.643. The molecule has 0 aliphatic carbocycles. The van der Waals surface area contributed by atoms with Crippen LogP contribution in [0.1, 0.15) is 31.6 Å². The van der Waals surface area contributed by atoms with E-state index in [4.69, 9.17) is 0 Å². The van der Waals surface area contributed by atoms with Gasteiger partial charge in [0.1, 0.15) is 4.21 Å². The molecule has 0 bridgehead atoms. The molecule has 6 nitrogen and oxygen atoms in total. The maximum Gasteiger partial charge on any atom is 0.315 e. The highest BCUT2D eigenvalue weighted by atomic mass is 32.2. The van der Waals surface area contributed by atoms with E-state index in [2.05, 4.69) is 10.6 Å². The molecule has 1 fully saturated rings. The van der Waals surface area contributed by atoms with Crippen LogP contribution in [0.3, 0.4) is 0 Å². The van der Waals surface area contributed by atoms with Crippen LogP contribution in [0.5, 0.6) is 0 Å². The molecule has 1 aromatic rings. The summed E-state index contributed by atoms with van der Waals surface area (Å²) in [5.41, 5.74) is 0. The topological polar surface area (TPSA) is 78.5 Å². The number of piperidine rings is 1. The van der Waals surface area contributed by atoms with Crippen molar-refractivity contribution >= 4 is 27.4 Å². The van der Waals surface area contributed by atoms with E-state index in [0.29, 0.717) is 30.1 Å². The third-order valence-corrected chi connectivity index (χ3v) is 6.89. The number of hydrogen-bond acceptors (Lipinski definition) is 4. The van der Waals surface area contributed by atoms with E-state index >= 15 is 0 Å². The van der Waals surface area contributed by atoms with Gasteiger partial charge in [-0.25, -0.2) is 13.2 Å². The summed E-state index contributed by atoms with van der Waals surface area (Å²) in [4.78, 5) is 12.7. The first kappa shape index (κ1) is 17.2. The van der Waals surface area contributed by atoms with Crippen LogP contribution in [0.2, 0.25) is 0 Å². The minimum atomic E-state index is -3.39. The van der Waals surface area contributed by atoms with Gasteiger partial charge in [0, 0.05) is 30.1 Å². The fourth-order valence-electron chi connectivity index (χ4n) is 2.41. The number of amides is 2. The molecule has 22 heavy (non-hydrogen) atoms. The van der Waals surface area contributed by atoms with E-state index in [9.17, 15) is 13.2 Å². The van der Waals surface area contributed by atoms with Crippen molar-refractivity contribution in [2.45, 2.75) is 49.9 Å². The molecule has 2 amide bonds. The Kier molecular flexibility index (Phi) is 5.46. The summed E-state index contributed by atoms with van der Waals surface area (Å²) >= 11 is 1.30. The molecule has 1 aromatic heterocycles. The summed E-state index contributed by atoms with van der Waals surface area (Å²) in [6, 6.07) is 3.40. The Balaban J connectivity index is 1.90. The highest BCUT2D eigenvalue weighted by Crippen LogP contribution is 2.26. The van der Waals surface area contributed by atoms with E-state index in [1.165, 1.54) is 15.6 Å². The minimum absolute atomic E-state index is 0.0234. The fourth-order valence-corrected chi connectivity index (χ4v) is 5.32. The van der Waals surface area contributed by atoms with Gasteiger partial charge in [-0.05, 0) is 45.7 Å². The van der Waals surface area contributed by atoms with Crippen LogP contribution in [-0.4, -0.2) is 43.9 Å². The second-order valence-corrected chi connectivity index (χ2v) is 9.27. The van der Waals surface area contributed by atoms with E-state index in [0.717, 1.165) is 4.88 Å². The lowest BCUT2D eigenvalue weighted by molar-refractivity contribution is 0.225. The summed E-state index contributed by atoms with van der Waals surface area (Å²) in [5, 5.41) is 5.68. The number of carbonyl (C=O) groups is 1. The summed E-state index contributed by atoms with van der Waals surface area (Å²) < 4.78 is 26.9. The number of hydrogen-bond donors (Lipinski definition) is 2. The van der Waals surface area contributed by atoms with Gasteiger partial charge in [0.15, 0.2) is 0 Å². The van der Waals surface area contributed by atoms with Gasteiger partial charge in [-0.2, -0.15) is 4.31 Å². The first-order chi connectivity index (χ1) is 10.3. The lowest BCUT2D eigenvalue weighted by atomic mass is 10.1. The quantitative estimate of drug-likeness (QED) is 0.875. The zero-order chi connectivity index (χ0) is 16.3. The van der Waals surface area contributed by atoms with E-state index in [-0.39, 0.29) is 18.1 Å². The highest BCUT2D eigenvalue weighted by Gasteiger charge is 2.30. The Morgan fingerprint density at radius 1 is 1.32 bits per heavy atom. The second-order valence-electron chi connectivity index (χ2n) is 5.82. The van der Waals surface area contributed by atoms with Crippen molar-refractivity contribution in [1.82, 2.24) is 14.9 Å². The van der Waals surface area contributed by atoms with E-state index < -0.39 is 10.0 Å². The average molecular weight is 345 g/mol. The Hall–Kier alpha value is -1.12. The number of nitrogens with one attached hydrogen (secondary N) is 2. The van der Waals surface area contributed by atoms with Crippen LogP contribution in [0.25, 0.3) is 0 Å². The lowest BCUT2D eigenvalue weighted by Gasteiger charge is -2.31. The van der Waals surface area contributed by atoms with E-state index in [1.807, 2.05) is 26.8 Å². The lowest BCUT2D eigenvalue weighted by Crippen LogP contribution is -2.50. The highest BCUT2D eigenvalue weighted by molar-refractivity contribution is 7.91. The monoisotopic (exact) mass is 345 g/mol. The Bertz CT molecular complexity index is 617. The van der Waals surface area contributed by atoms with Gasteiger partial charge >= 0.3 is 6.03 Å². The number of rotatable bonds is 4. The Labute approximate surface area is 135 Å². The van der Waals surface area contributed by atoms with Crippen molar-refractivity contribution in [3.63, 3.8) is 0 Å². The molecule has 8 heteroatoms. The number of sulfonamides is 1. The van der Waals surface area contributed by atoms with E-state index in [1.54, 1.807) is 6.07 Å². The van der Waals surface area contributed by atoms with Gasteiger partial charge in [0.2, 0.25) is 0 Å². The number of aryl methyl sites for hydroxylation is 1. The molecule has 0 atom stereocenters. The van der Waals surface area contributed by atoms with Crippen molar-refractivity contribution in [2.24, 2.45) is 0 Å². The molecule has 124 valence electrons. The molecule has 2 heterocycles. The number of urea groups is 1. The van der Waals surface area contributed by atoms with Crippen LogP contribution < -0.4 is 10.6 Å². The van der Waals surface area contributed by atoms with Crippen LogP contribution >= 0.6 is 11.3 Å². The van der Waals surface area contributed by atoms with Crippen molar-refractivity contribution in [3.05, 3.63) is 17.0 Å². The van der Waals surface area contributed by atoms with Crippen molar-refractivity contribution in [1.29, 1.82) is 0 Å². The molecular formula is C14H23N3O3S2. The molecular weight excluding hydrogens is 322 g/mol. The maximum atomic E-state index is 12.5. The van der Waals surface area contributed by atoms with Gasteiger partial charge in [-0.1, -0.05) is 0 Å². The largest absolute Gasteiger partial charge is 0.336 e. The van der Waals surface area contributed by atoms with Crippen molar-refractivity contribution in [2.75, 3.05) is 13.1 Å². The van der Waals surface area contributed by atoms with Crippen LogP contribution in [0.4, 0.5) is 4.79 Å². The third kappa shape index (κ3) is 4.21. The first-order valence-corrected chi connectivity index (χ1v) is 9.68. The zero-order valence-electron chi connectivity index (χ0n) is 13.1. The van der Waals surface area contributed by atoms with Crippen LogP contribution in [-0.2, 0) is 10.0 Å². The SMILES string of the molecule is Cc1ccc(S(=O)(=O)N2CCC(NC(=O)NC(C)C)CC2)s1. The molecule has 1 saturated heterocycles. The number of nitrogens with zero attached hydrogens (tertiary/aromatic N) is 1. The summed E-state index contributed by atoms with van der Waals surface area (Å²) in [7, 11) is -3.39. The Morgan fingerprint density at radius 2 is 1.95 bits per heavy atom. The molecule has 1 aliphatic rings. The molecule has 2 rings (SSSR count). The van der Waals surface area contributed by atoms with Crippen LogP contribution in [0.15, 0.2) is 16.3 Å². The van der Waals surface area contributed by atoms with Gasteiger partial charge < -0.3 is 10.6 Å². The summed E-state index contributed by atoms with van der Waals surface area (Å²) in [6.07, 6.45) is 1.27. The first-order valence-electron chi connectivity index (χ1n) is 7.42. The predicted octanol–water partition coefficient (Wildman–Crippen LogP) is 1.92. The molecule has 1 aliphatic heterocycles. The second kappa shape index (κ2) is 6.97. The van der Waals surface area contributed by atoms with Crippen molar-refractivity contribution < 1.29 is 13.2 Å². The third-order valence-electron chi connectivity index (χ3n) is 3.52. The zero-order valence-corrected chi connectivity index (χ0v) is 14.8. The van der Waals surface area contributed by atoms with Gasteiger partial charge in [-0.3, -0.25) is 0 Å². The van der Waals surface area contributed by atoms with Crippen LogP contribution in [0, 0.1) is 6.92 Å². The molecule has 0 aromatic carbocycles. The summed E-state index contributed by atoms with van der Waals surface area (Å²) in [5.74, 6) is 0. The summed E-state index contributed by atoms with van der Waals surface area (Å²) in [6.45, 7) is 6.57. The maximum absolute atomic E-state index is 12.5. The van der Waals surface area contributed by atoms with Gasteiger partial charge in [0.25, 0.3) is 10.0 Å². The minimum Gasteiger partial charge on any atom is -0.336 e. The normalized spacial score (nSPS) is 17.6. The Morgan fingerprint density at radius 3 is 2.45 bits per heavy atom. The molecule has 0 radical (unpaired) electrons. The van der Waals surface area contributed by atoms with Crippen molar-refractivity contribution in [3.8, 4) is 0 Å². The van der Waals surface area contributed by atoms with Gasteiger partial charge in [0.05, 0.1) is 0 Å². The number of carbonyl (C=O) groups excluding carboxylic acids is 1. The molecule has 0 unspecified atom stereocenters. The number of thiophene rings is 1. The smallest absolute Gasteiger partial charge is 0.315 e.